The lowest BCUT2D eigenvalue weighted by Gasteiger charge is -1.98. The molecular weight excluding hydrogens is 282 g/mol. The average molecular weight is 294 g/mol. The van der Waals surface area contributed by atoms with Crippen LogP contribution in [-0.2, 0) is 6.42 Å². The van der Waals surface area contributed by atoms with Gasteiger partial charge in [-0.05, 0) is 19.1 Å². The number of rotatable bonds is 4. The highest BCUT2D eigenvalue weighted by Gasteiger charge is 2.04. The highest BCUT2D eigenvalue weighted by Crippen LogP contribution is 2.12. The number of aromatic nitrogens is 4. The van der Waals surface area contributed by atoms with Crippen LogP contribution in [0.3, 0.4) is 0 Å². The fourth-order valence-electron chi connectivity index (χ4n) is 1.76. The second kappa shape index (κ2) is 5.14. The van der Waals surface area contributed by atoms with Crippen molar-refractivity contribution in [1.82, 2.24) is 19.6 Å². The molecule has 0 spiro atoms. The first kappa shape index (κ1) is 12.4. The normalized spacial score (nSPS) is 11.1. The Balaban J connectivity index is 1.65. The summed E-state index contributed by atoms with van der Waals surface area (Å²) in [5, 5.41) is 11.3. The Morgan fingerprint density at radius 2 is 2.26 bits per heavy atom. The van der Waals surface area contributed by atoms with Crippen molar-refractivity contribution >= 4 is 34.5 Å². The Kier molecular flexibility index (Phi) is 3.35. The van der Waals surface area contributed by atoms with Crippen LogP contribution in [0.5, 0.6) is 0 Å². The molecule has 0 aliphatic rings. The molecule has 3 heterocycles. The van der Waals surface area contributed by atoms with Gasteiger partial charge in [0.15, 0.2) is 5.65 Å². The first-order valence-corrected chi connectivity index (χ1v) is 7.13. The van der Waals surface area contributed by atoms with Gasteiger partial charge < -0.3 is 5.32 Å². The molecule has 0 saturated heterocycles. The predicted molar refractivity (Wildman–Crippen MR) is 77.0 cm³/mol. The molecule has 5 nitrogen and oxygen atoms in total. The van der Waals surface area contributed by atoms with Crippen LogP contribution in [0.4, 0.5) is 5.95 Å². The van der Waals surface area contributed by atoms with Gasteiger partial charge in [0.25, 0.3) is 0 Å². The molecule has 0 aromatic carbocycles. The first-order chi connectivity index (χ1) is 9.20. The van der Waals surface area contributed by atoms with E-state index >= 15 is 0 Å². The van der Waals surface area contributed by atoms with E-state index in [9.17, 15) is 0 Å². The van der Waals surface area contributed by atoms with E-state index in [-0.39, 0.29) is 0 Å². The van der Waals surface area contributed by atoms with Crippen molar-refractivity contribution in [3.8, 4) is 0 Å². The lowest BCUT2D eigenvalue weighted by Crippen LogP contribution is -2.06. The minimum absolute atomic E-state index is 0.606. The zero-order chi connectivity index (χ0) is 13.2. The number of thiazole rings is 1. The zero-order valence-corrected chi connectivity index (χ0v) is 11.9. The van der Waals surface area contributed by atoms with Crippen molar-refractivity contribution in [3.05, 3.63) is 39.4 Å². The molecule has 3 aromatic heterocycles. The summed E-state index contributed by atoms with van der Waals surface area (Å²) in [7, 11) is 0. The van der Waals surface area contributed by atoms with Gasteiger partial charge in [-0.15, -0.1) is 16.4 Å². The van der Waals surface area contributed by atoms with Crippen LogP contribution in [-0.4, -0.2) is 26.1 Å². The monoisotopic (exact) mass is 293 g/mol. The molecule has 3 aromatic rings. The molecule has 0 aliphatic carbocycles. The number of pyridine rings is 1. The maximum atomic E-state index is 5.90. The molecular formula is C12H12ClN5S. The molecule has 3 rings (SSSR count). The Bertz CT molecular complexity index is 705. The van der Waals surface area contributed by atoms with E-state index < -0.39 is 0 Å². The third kappa shape index (κ3) is 2.85. The number of anilines is 1. The Morgan fingerprint density at radius 3 is 3.05 bits per heavy atom. The van der Waals surface area contributed by atoms with Gasteiger partial charge in [0.2, 0.25) is 5.95 Å². The second-order valence-electron chi connectivity index (χ2n) is 4.12. The molecule has 0 amide bonds. The van der Waals surface area contributed by atoms with E-state index in [0.717, 1.165) is 29.3 Å². The highest BCUT2D eigenvalue weighted by atomic mass is 35.5. The zero-order valence-electron chi connectivity index (χ0n) is 10.3. The second-order valence-corrected chi connectivity index (χ2v) is 5.62. The third-order valence-electron chi connectivity index (χ3n) is 2.63. The van der Waals surface area contributed by atoms with Crippen molar-refractivity contribution in [2.75, 3.05) is 11.9 Å². The third-order valence-corrected chi connectivity index (χ3v) is 3.67. The van der Waals surface area contributed by atoms with Gasteiger partial charge in [-0.2, -0.15) is 4.98 Å². The van der Waals surface area contributed by atoms with Crippen LogP contribution in [0.25, 0.3) is 5.65 Å². The molecule has 98 valence electrons. The van der Waals surface area contributed by atoms with E-state index in [1.54, 1.807) is 28.1 Å². The van der Waals surface area contributed by atoms with Crippen molar-refractivity contribution in [2.45, 2.75) is 13.3 Å². The number of halogens is 1. The number of hydrogen-bond acceptors (Lipinski definition) is 5. The summed E-state index contributed by atoms with van der Waals surface area (Å²) >= 11 is 7.57. The molecule has 0 aliphatic heterocycles. The summed E-state index contributed by atoms with van der Waals surface area (Å²) in [6, 6.07) is 3.64. The van der Waals surface area contributed by atoms with Crippen LogP contribution in [0.1, 0.15) is 10.7 Å². The summed E-state index contributed by atoms with van der Waals surface area (Å²) in [5.41, 5.74) is 1.87. The van der Waals surface area contributed by atoms with Crippen LogP contribution < -0.4 is 5.32 Å². The van der Waals surface area contributed by atoms with Crippen LogP contribution in [0.2, 0.25) is 5.02 Å². The summed E-state index contributed by atoms with van der Waals surface area (Å²) < 4.78 is 1.66. The number of fused-ring (bicyclic) bond motifs is 1. The van der Waals surface area contributed by atoms with E-state index in [0.29, 0.717) is 11.0 Å². The molecule has 0 fully saturated rings. The quantitative estimate of drug-likeness (QED) is 0.804. The van der Waals surface area contributed by atoms with Crippen molar-refractivity contribution in [1.29, 1.82) is 0 Å². The molecule has 19 heavy (non-hydrogen) atoms. The lowest BCUT2D eigenvalue weighted by atomic mass is 10.3. The Morgan fingerprint density at radius 1 is 1.37 bits per heavy atom. The lowest BCUT2D eigenvalue weighted by molar-refractivity contribution is 0.923. The molecule has 0 bridgehead atoms. The van der Waals surface area contributed by atoms with Crippen LogP contribution >= 0.6 is 22.9 Å². The highest BCUT2D eigenvalue weighted by molar-refractivity contribution is 7.09. The number of hydrogen-bond donors (Lipinski definition) is 1. The maximum absolute atomic E-state index is 5.90. The molecule has 7 heteroatoms. The van der Waals surface area contributed by atoms with E-state index in [4.69, 9.17) is 11.6 Å². The summed E-state index contributed by atoms with van der Waals surface area (Å²) in [6.07, 6.45) is 2.60. The minimum atomic E-state index is 0.606. The van der Waals surface area contributed by atoms with E-state index in [2.05, 4.69) is 25.8 Å². The predicted octanol–water partition coefficient (Wildman–Crippen LogP) is 2.80. The fourth-order valence-corrected chi connectivity index (χ4v) is 2.56. The average Bonchev–Trinajstić information content (AvgIpc) is 2.95. The van der Waals surface area contributed by atoms with Crippen LogP contribution in [0, 0.1) is 6.92 Å². The summed E-state index contributed by atoms with van der Waals surface area (Å²) in [6.45, 7) is 2.77. The topological polar surface area (TPSA) is 55.1 Å². The fraction of sp³-hybridized carbons (Fsp3) is 0.250. The van der Waals surface area contributed by atoms with E-state index in [1.165, 1.54) is 0 Å². The minimum Gasteiger partial charge on any atom is -0.353 e. The molecule has 0 saturated carbocycles. The van der Waals surface area contributed by atoms with E-state index in [1.807, 2.05) is 13.0 Å². The smallest absolute Gasteiger partial charge is 0.243 e. The summed E-state index contributed by atoms with van der Waals surface area (Å²) in [4.78, 5) is 8.77. The van der Waals surface area contributed by atoms with Crippen LogP contribution in [0.15, 0.2) is 23.7 Å². The van der Waals surface area contributed by atoms with Gasteiger partial charge in [0, 0.05) is 24.5 Å². The van der Waals surface area contributed by atoms with Gasteiger partial charge in [-0.25, -0.2) is 9.50 Å². The standard InChI is InChI=1S/C12H12ClN5S/c1-8-15-10(7-19-8)4-5-14-12-16-11-3-2-9(13)6-18(11)17-12/h2-3,6-7H,4-5H2,1H3,(H,14,17). The summed E-state index contributed by atoms with van der Waals surface area (Å²) in [5.74, 6) is 0.606. The van der Waals surface area contributed by atoms with Gasteiger partial charge in [-0.1, -0.05) is 11.6 Å². The SMILES string of the molecule is Cc1nc(CCNc2nc3ccc(Cl)cn3n2)cs1. The van der Waals surface area contributed by atoms with Gasteiger partial charge in [-0.3, -0.25) is 0 Å². The van der Waals surface area contributed by atoms with Crippen molar-refractivity contribution < 1.29 is 0 Å². The largest absolute Gasteiger partial charge is 0.353 e. The van der Waals surface area contributed by atoms with Gasteiger partial charge in [0.05, 0.1) is 15.7 Å². The Hall–Kier alpha value is -1.66. The first-order valence-electron chi connectivity index (χ1n) is 5.87. The van der Waals surface area contributed by atoms with Crippen molar-refractivity contribution in [2.24, 2.45) is 0 Å². The molecule has 0 atom stereocenters. The van der Waals surface area contributed by atoms with Crippen molar-refractivity contribution in [3.63, 3.8) is 0 Å². The number of nitrogens with one attached hydrogen (secondary N) is 1. The maximum Gasteiger partial charge on any atom is 0.243 e. The number of nitrogens with zero attached hydrogens (tertiary/aromatic N) is 4. The van der Waals surface area contributed by atoms with Gasteiger partial charge in [0.1, 0.15) is 0 Å². The number of aryl methyl sites for hydroxylation is 1. The molecule has 1 N–H and O–H groups in total. The Labute approximate surface area is 119 Å². The molecule has 0 radical (unpaired) electrons. The molecule has 0 unspecified atom stereocenters. The van der Waals surface area contributed by atoms with Gasteiger partial charge >= 0.3 is 0 Å².